The van der Waals surface area contributed by atoms with Crippen LogP contribution in [-0.4, -0.2) is 6.54 Å². The number of anilines is 2. The van der Waals surface area contributed by atoms with Gasteiger partial charge in [0.1, 0.15) is 0 Å². The first-order chi connectivity index (χ1) is 8.24. The van der Waals surface area contributed by atoms with Gasteiger partial charge >= 0.3 is 0 Å². The van der Waals surface area contributed by atoms with Gasteiger partial charge in [0.15, 0.2) is 0 Å². The molecule has 17 heavy (non-hydrogen) atoms. The minimum absolute atomic E-state index is 0.814. The van der Waals surface area contributed by atoms with Crippen molar-refractivity contribution in [2.45, 2.75) is 6.42 Å². The summed E-state index contributed by atoms with van der Waals surface area (Å²) >= 11 is 3.45. The van der Waals surface area contributed by atoms with Crippen molar-refractivity contribution in [2.75, 3.05) is 17.6 Å². The van der Waals surface area contributed by atoms with E-state index in [1.807, 2.05) is 24.3 Å². The van der Waals surface area contributed by atoms with Gasteiger partial charge < -0.3 is 11.1 Å². The molecule has 0 aliphatic carbocycles. The minimum Gasteiger partial charge on any atom is -0.399 e. The average Bonchev–Trinajstić information content (AvgIpc) is 2.32. The maximum atomic E-state index is 5.64. The van der Waals surface area contributed by atoms with Crippen molar-refractivity contribution < 1.29 is 0 Å². The van der Waals surface area contributed by atoms with Crippen LogP contribution in [0.4, 0.5) is 11.4 Å². The minimum atomic E-state index is 0.814. The lowest BCUT2D eigenvalue weighted by atomic mass is 10.1. The van der Waals surface area contributed by atoms with Gasteiger partial charge in [-0.2, -0.15) is 0 Å². The smallest absolute Gasteiger partial charge is 0.0351 e. The number of nitrogens with two attached hydrogens (primary N) is 1. The molecule has 2 aromatic rings. The number of rotatable bonds is 4. The molecule has 3 heteroatoms. The molecule has 0 atom stereocenters. The van der Waals surface area contributed by atoms with Gasteiger partial charge in [-0.25, -0.2) is 0 Å². The molecule has 3 N–H and O–H groups in total. The fourth-order valence-electron chi connectivity index (χ4n) is 1.63. The highest BCUT2D eigenvalue weighted by Gasteiger charge is 1.95. The normalized spacial score (nSPS) is 10.2. The van der Waals surface area contributed by atoms with E-state index in [1.165, 1.54) is 5.56 Å². The molecule has 0 bridgehead atoms. The number of benzene rings is 2. The van der Waals surface area contributed by atoms with Crippen LogP contribution in [0.5, 0.6) is 0 Å². The molecule has 0 saturated heterocycles. The van der Waals surface area contributed by atoms with Crippen molar-refractivity contribution in [1.29, 1.82) is 0 Å². The van der Waals surface area contributed by atoms with Crippen LogP contribution >= 0.6 is 15.9 Å². The van der Waals surface area contributed by atoms with Gasteiger partial charge in [0.25, 0.3) is 0 Å². The van der Waals surface area contributed by atoms with E-state index in [9.17, 15) is 0 Å². The molecule has 2 rings (SSSR count). The van der Waals surface area contributed by atoms with Gasteiger partial charge in [0.05, 0.1) is 0 Å². The van der Waals surface area contributed by atoms with Crippen molar-refractivity contribution in [3.63, 3.8) is 0 Å². The largest absolute Gasteiger partial charge is 0.399 e. The lowest BCUT2D eigenvalue weighted by molar-refractivity contribution is 1.02. The summed E-state index contributed by atoms with van der Waals surface area (Å²) in [7, 11) is 0. The fourth-order valence-corrected chi connectivity index (χ4v) is 2.03. The van der Waals surface area contributed by atoms with Crippen molar-refractivity contribution in [1.82, 2.24) is 0 Å². The lowest BCUT2D eigenvalue weighted by Gasteiger charge is -2.07. The summed E-state index contributed by atoms with van der Waals surface area (Å²) in [5.41, 5.74) is 8.88. The Morgan fingerprint density at radius 1 is 1.06 bits per heavy atom. The summed E-state index contributed by atoms with van der Waals surface area (Å²) < 4.78 is 1.09. The van der Waals surface area contributed by atoms with Gasteiger partial charge in [0.2, 0.25) is 0 Å². The summed E-state index contributed by atoms with van der Waals surface area (Å²) in [6, 6.07) is 16.2. The molecule has 0 spiro atoms. The molecule has 0 fully saturated rings. The Hall–Kier alpha value is -1.48. The van der Waals surface area contributed by atoms with Crippen molar-refractivity contribution >= 4 is 27.3 Å². The van der Waals surface area contributed by atoms with E-state index >= 15 is 0 Å². The van der Waals surface area contributed by atoms with Crippen LogP contribution in [0.25, 0.3) is 0 Å². The number of nitrogens with one attached hydrogen (secondary N) is 1. The first kappa shape index (κ1) is 12.0. The van der Waals surface area contributed by atoms with Gasteiger partial charge in [-0.1, -0.05) is 34.1 Å². The maximum absolute atomic E-state index is 5.64. The zero-order valence-electron chi connectivity index (χ0n) is 9.49. The molecule has 88 valence electrons. The zero-order chi connectivity index (χ0) is 12.1. The summed E-state index contributed by atoms with van der Waals surface area (Å²) in [4.78, 5) is 0. The van der Waals surface area contributed by atoms with Gasteiger partial charge in [-0.05, 0) is 42.3 Å². The molecular weight excluding hydrogens is 276 g/mol. The third-order valence-corrected chi connectivity index (χ3v) is 3.04. The monoisotopic (exact) mass is 290 g/mol. The molecule has 2 nitrogen and oxygen atoms in total. The SMILES string of the molecule is Nc1ccc(CCNc2cccc(Br)c2)cc1. The Labute approximate surface area is 110 Å². The van der Waals surface area contributed by atoms with E-state index in [1.54, 1.807) is 0 Å². The van der Waals surface area contributed by atoms with E-state index in [2.05, 4.69) is 45.5 Å². The van der Waals surface area contributed by atoms with E-state index < -0.39 is 0 Å². The topological polar surface area (TPSA) is 38.0 Å². The second-order valence-electron chi connectivity index (χ2n) is 3.93. The van der Waals surface area contributed by atoms with Crippen LogP contribution in [0.3, 0.4) is 0 Å². The third kappa shape index (κ3) is 3.79. The van der Waals surface area contributed by atoms with Gasteiger partial charge in [-0.15, -0.1) is 0 Å². The van der Waals surface area contributed by atoms with Crippen molar-refractivity contribution in [3.8, 4) is 0 Å². The summed E-state index contributed by atoms with van der Waals surface area (Å²) in [5, 5.41) is 3.39. The molecule has 0 heterocycles. The molecule has 2 aromatic carbocycles. The number of hydrogen-bond acceptors (Lipinski definition) is 2. The molecule has 0 aromatic heterocycles. The number of halogens is 1. The second-order valence-corrected chi connectivity index (χ2v) is 4.84. The van der Waals surface area contributed by atoms with Crippen LogP contribution in [0.2, 0.25) is 0 Å². The Bertz CT molecular complexity index is 480. The highest BCUT2D eigenvalue weighted by molar-refractivity contribution is 9.10. The first-order valence-corrected chi connectivity index (χ1v) is 6.37. The van der Waals surface area contributed by atoms with Gasteiger partial charge in [0, 0.05) is 22.4 Å². The molecule has 0 amide bonds. The number of nitrogen functional groups attached to an aromatic ring is 1. The summed E-state index contributed by atoms with van der Waals surface area (Å²) in [6.45, 7) is 0.917. The lowest BCUT2D eigenvalue weighted by Crippen LogP contribution is -2.04. The third-order valence-electron chi connectivity index (χ3n) is 2.55. The Kier molecular flexibility index (Phi) is 4.04. The molecule has 0 aliphatic heterocycles. The zero-order valence-corrected chi connectivity index (χ0v) is 11.1. The number of hydrogen-bond donors (Lipinski definition) is 2. The van der Waals surface area contributed by atoms with Gasteiger partial charge in [-0.3, -0.25) is 0 Å². The predicted molar refractivity (Wildman–Crippen MR) is 77.2 cm³/mol. The quantitative estimate of drug-likeness (QED) is 0.843. The summed E-state index contributed by atoms with van der Waals surface area (Å²) in [6.07, 6.45) is 0.993. The van der Waals surface area contributed by atoms with Crippen molar-refractivity contribution in [2.24, 2.45) is 0 Å². The standard InChI is InChI=1S/C14H15BrN2/c15-12-2-1-3-14(10-12)17-9-8-11-4-6-13(16)7-5-11/h1-7,10,17H,8-9,16H2. The van der Waals surface area contributed by atoms with Crippen LogP contribution in [-0.2, 0) is 6.42 Å². The average molecular weight is 291 g/mol. The molecular formula is C14H15BrN2. The van der Waals surface area contributed by atoms with E-state index in [0.717, 1.165) is 28.8 Å². The fraction of sp³-hybridized carbons (Fsp3) is 0.143. The molecule has 0 aliphatic rings. The Morgan fingerprint density at radius 2 is 1.82 bits per heavy atom. The van der Waals surface area contributed by atoms with E-state index in [4.69, 9.17) is 5.73 Å². The Morgan fingerprint density at radius 3 is 2.53 bits per heavy atom. The molecule has 0 radical (unpaired) electrons. The molecule has 0 saturated carbocycles. The van der Waals surface area contributed by atoms with Crippen LogP contribution < -0.4 is 11.1 Å². The van der Waals surface area contributed by atoms with Crippen molar-refractivity contribution in [3.05, 3.63) is 58.6 Å². The van der Waals surface area contributed by atoms with E-state index in [-0.39, 0.29) is 0 Å². The first-order valence-electron chi connectivity index (χ1n) is 5.58. The molecule has 0 unspecified atom stereocenters. The summed E-state index contributed by atoms with van der Waals surface area (Å²) in [5.74, 6) is 0. The van der Waals surface area contributed by atoms with Crippen LogP contribution in [0, 0.1) is 0 Å². The van der Waals surface area contributed by atoms with Crippen LogP contribution in [0.15, 0.2) is 53.0 Å². The Balaban J connectivity index is 1.85. The van der Waals surface area contributed by atoms with E-state index in [0.29, 0.717) is 0 Å². The highest BCUT2D eigenvalue weighted by Crippen LogP contribution is 2.15. The van der Waals surface area contributed by atoms with Crippen LogP contribution in [0.1, 0.15) is 5.56 Å². The predicted octanol–water partition coefficient (Wildman–Crippen LogP) is 3.69. The second kappa shape index (κ2) is 5.73. The highest BCUT2D eigenvalue weighted by atomic mass is 79.9. The maximum Gasteiger partial charge on any atom is 0.0351 e.